The van der Waals surface area contributed by atoms with E-state index in [0.717, 1.165) is 63.7 Å². The lowest BCUT2D eigenvalue weighted by Crippen LogP contribution is -2.43. The van der Waals surface area contributed by atoms with E-state index in [0.29, 0.717) is 0 Å². The molecule has 2 fully saturated rings. The Morgan fingerprint density at radius 3 is 3.00 bits per heavy atom. The summed E-state index contributed by atoms with van der Waals surface area (Å²) < 4.78 is 1.87. The molecule has 0 spiro atoms. The van der Waals surface area contributed by atoms with Gasteiger partial charge >= 0.3 is 0 Å². The lowest BCUT2D eigenvalue weighted by Gasteiger charge is -2.31. The van der Waals surface area contributed by atoms with Crippen molar-refractivity contribution in [2.24, 2.45) is 11.8 Å². The van der Waals surface area contributed by atoms with Gasteiger partial charge in [0.25, 0.3) is 0 Å². The average Bonchev–Trinajstić information content (AvgIpc) is 3.27. The molecule has 2 heterocycles. The zero-order chi connectivity index (χ0) is 15.4. The number of hydrogen-bond donors (Lipinski definition) is 1. The van der Waals surface area contributed by atoms with E-state index in [2.05, 4.69) is 32.7 Å². The number of amides is 1. The lowest BCUT2D eigenvalue weighted by atomic mass is 9.97. The van der Waals surface area contributed by atoms with Crippen molar-refractivity contribution < 1.29 is 4.79 Å². The first-order valence-corrected chi connectivity index (χ1v) is 8.51. The zero-order valence-electron chi connectivity index (χ0n) is 13.4. The highest BCUT2D eigenvalue weighted by atomic mass is 16.1. The Morgan fingerprint density at radius 1 is 1.36 bits per heavy atom. The minimum Gasteiger partial charge on any atom is -0.356 e. The predicted molar refractivity (Wildman–Crippen MR) is 81.8 cm³/mol. The van der Waals surface area contributed by atoms with Crippen molar-refractivity contribution in [3.8, 4) is 0 Å². The first-order valence-electron chi connectivity index (χ1n) is 8.51. The number of aromatic nitrogens is 4. The number of nitrogens with one attached hydrogen (secondary N) is 1. The first-order chi connectivity index (χ1) is 10.8. The third-order valence-corrected chi connectivity index (χ3v) is 4.54. The third-order valence-electron chi connectivity index (χ3n) is 4.54. The molecule has 0 bridgehead atoms. The van der Waals surface area contributed by atoms with Crippen LogP contribution in [0.25, 0.3) is 0 Å². The van der Waals surface area contributed by atoms with Gasteiger partial charge in [-0.2, -0.15) is 0 Å². The molecule has 1 saturated heterocycles. The molecule has 122 valence electrons. The fourth-order valence-electron chi connectivity index (χ4n) is 3.05. The molecule has 7 heteroatoms. The molecule has 7 nitrogen and oxygen atoms in total. The molecule has 3 rings (SSSR count). The third kappa shape index (κ3) is 4.03. The number of piperidine rings is 1. The number of hydrogen-bond acceptors (Lipinski definition) is 5. The summed E-state index contributed by atoms with van der Waals surface area (Å²) in [4.78, 5) is 14.6. The minimum atomic E-state index is 0.114. The monoisotopic (exact) mass is 306 g/mol. The molecular weight excluding hydrogens is 280 g/mol. The molecule has 0 radical (unpaired) electrons. The van der Waals surface area contributed by atoms with Crippen molar-refractivity contribution in [3.05, 3.63) is 5.82 Å². The molecular formula is C15H26N6O. The van der Waals surface area contributed by atoms with Gasteiger partial charge in [-0.1, -0.05) is 6.92 Å². The van der Waals surface area contributed by atoms with Crippen molar-refractivity contribution in [3.63, 3.8) is 0 Å². The van der Waals surface area contributed by atoms with Gasteiger partial charge in [-0.15, -0.1) is 5.10 Å². The Labute approximate surface area is 131 Å². The summed E-state index contributed by atoms with van der Waals surface area (Å²) >= 11 is 0. The first kappa shape index (κ1) is 15.4. The topological polar surface area (TPSA) is 75.9 Å². The standard InChI is InChI=1S/C15H26N6O/c1-2-7-21-14(17-18-19-21)11-20-8-3-4-13(10-20)15(22)16-9-12-5-6-12/h12-13H,2-11H2,1H3,(H,16,22)/t13-/m1/s1. The van der Waals surface area contributed by atoms with Gasteiger partial charge in [-0.3, -0.25) is 9.69 Å². The van der Waals surface area contributed by atoms with Gasteiger partial charge in [0.2, 0.25) is 5.91 Å². The Bertz CT molecular complexity index is 498. The van der Waals surface area contributed by atoms with Gasteiger partial charge in [0.1, 0.15) is 0 Å². The number of carbonyl (C=O) groups excluding carboxylic acids is 1. The summed E-state index contributed by atoms with van der Waals surface area (Å²) in [7, 11) is 0. The largest absolute Gasteiger partial charge is 0.356 e. The average molecular weight is 306 g/mol. The van der Waals surface area contributed by atoms with Crippen LogP contribution in [0.1, 0.15) is 44.9 Å². The van der Waals surface area contributed by atoms with Crippen LogP contribution in [0.15, 0.2) is 0 Å². The molecule has 1 aromatic heterocycles. The smallest absolute Gasteiger partial charge is 0.224 e. The van der Waals surface area contributed by atoms with E-state index in [1.807, 2.05) is 4.68 Å². The second kappa shape index (κ2) is 7.17. The molecule has 1 aromatic rings. The molecule has 1 N–H and O–H groups in total. The van der Waals surface area contributed by atoms with E-state index in [1.54, 1.807) is 0 Å². The predicted octanol–water partition coefficient (Wildman–Crippen LogP) is 0.821. The van der Waals surface area contributed by atoms with Crippen LogP contribution in [0.5, 0.6) is 0 Å². The number of aryl methyl sites for hydroxylation is 1. The molecule has 1 atom stereocenters. The molecule has 22 heavy (non-hydrogen) atoms. The van der Waals surface area contributed by atoms with Gasteiger partial charge in [0.15, 0.2) is 5.82 Å². The Kier molecular flexibility index (Phi) is 5.02. The second-order valence-corrected chi connectivity index (χ2v) is 6.58. The summed E-state index contributed by atoms with van der Waals surface area (Å²) in [5, 5.41) is 15.0. The molecule has 1 amide bonds. The fourth-order valence-corrected chi connectivity index (χ4v) is 3.05. The summed E-state index contributed by atoms with van der Waals surface area (Å²) in [6.07, 6.45) is 5.63. The maximum atomic E-state index is 12.3. The van der Waals surface area contributed by atoms with Crippen LogP contribution in [0.2, 0.25) is 0 Å². The van der Waals surface area contributed by atoms with E-state index < -0.39 is 0 Å². The van der Waals surface area contributed by atoms with Crippen LogP contribution in [0.4, 0.5) is 0 Å². The zero-order valence-corrected chi connectivity index (χ0v) is 13.4. The van der Waals surface area contributed by atoms with Gasteiger partial charge in [0, 0.05) is 19.6 Å². The number of rotatable bonds is 7. The number of carbonyl (C=O) groups is 1. The SMILES string of the molecule is CCCn1nnnc1CN1CCC[C@@H](C(=O)NCC2CC2)C1. The Morgan fingerprint density at radius 2 is 2.23 bits per heavy atom. The van der Waals surface area contributed by atoms with Crippen LogP contribution in [0, 0.1) is 11.8 Å². The highest BCUT2D eigenvalue weighted by Crippen LogP contribution is 2.28. The summed E-state index contributed by atoms with van der Waals surface area (Å²) in [6.45, 7) is 6.40. The number of likely N-dealkylation sites (tertiary alicyclic amines) is 1. The van der Waals surface area contributed by atoms with Crippen LogP contribution < -0.4 is 5.32 Å². The van der Waals surface area contributed by atoms with Crippen molar-refractivity contribution in [1.82, 2.24) is 30.4 Å². The van der Waals surface area contributed by atoms with Crippen LogP contribution in [-0.2, 0) is 17.9 Å². The van der Waals surface area contributed by atoms with E-state index in [1.165, 1.54) is 12.8 Å². The van der Waals surface area contributed by atoms with Crippen LogP contribution in [0.3, 0.4) is 0 Å². The van der Waals surface area contributed by atoms with Crippen molar-refractivity contribution in [1.29, 1.82) is 0 Å². The number of tetrazole rings is 1. The van der Waals surface area contributed by atoms with Gasteiger partial charge in [0.05, 0.1) is 12.5 Å². The number of nitrogens with zero attached hydrogens (tertiary/aromatic N) is 5. The van der Waals surface area contributed by atoms with Gasteiger partial charge in [-0.05, 0) is 55.0 Å². The highest BCUT2D eigenvalue weighted by molar-refractivity contribution is 5.79. The molecule has 1 aliphatic heterocycles. The van der Waals surface area contributed by atoms with Gasteiger partial charge < -0.3 is 5.32 Å². The quantitative estimate of drug-likeness (QED) is 0.807. The Hall–Kier alpha value is -1.50. The molecule has 1 saturated carbocycles. The maximum absolute atomic E-state index is 12.3. The van der Waals surface area contributed by atoms with Crippen LogP contribution in [-0.4, -0.2) is 50.6 Å². The summed E-state index contributed by atoms with van der Waals surface area (Å²) in [5.74, 6) is 1.98. The summed E-state index contributed by atoms with van der Waals surface area (Å²) in [6, 6.07) is 0. The van der Waals surface area contributed by atoms with Crippen molar-refractivity contribution in [2.75, 3.05) is 19.6 Å². The van der Waals surface area contributed by atoms with Crippen molar-refractivity contribution in [2.45, 2.75) is 52.1 Å². The molecule has 0 unspecified atom stereocenters. The molecule has 2 aliphatic rings. The summed E-state index contributed by atoms with van der Waals surface area (Å²) in [5.41, 5.74) is 0. The van der Waals surface area contributed by atoms with Gasteiger partial charge in [-0.25, -0.2) is 4.68 Å². The highest BCUT2D eigenvalue weighted by Gasteiger charge is 2.28. The Balaban J connectivity index is 1.51. The van der Waals surface area contributed by atoms with E-state index in [-0.39, 0.29) is 11.8 Å². The van der Waals surface area contributed by atoms with Crippen molar-refractivity contribution >= 4 is 5.91 Å². The maximum Gasteiger partial charge on any atom is 0.224 e. The minimum absolute atomic E-state index is 0.114. The second-order valence-electron chi connectivity index (χ2n) is 6.58. The van der Waals surface area contributed by atoms with Crippen LogP contribution >= 0.6 is 0 Å². The normalized spacial score (nSPS) is 22.7. The lowest BCUT2D eigenvalue weighted by molar-refractivity contribution is -0.126. The fraction of sp³-hybridized carbons (Fsp3) is 0.867. The van der Waals surface area contributed by atoms with E-state index in [9.17, 15) is 4.79 Å². The van der Waals surface area contributed by atoms with E-state index >= 15 is 0 Å². The molecule has 0 aromatic carbocycles. The van der Waals surface area contributed by atoms with E-state index in [4.69, 9.17) is 0 Å². The molecule has 1 aliphatic carbocycles.